The first kappa shape index (κ1) is 10.3. The van der Waals surface area contributed by atoms with Crippen LogP contribution in [0.1, 0.15) is 16.8 Å². The number of pyridine rings is 1. The zero-order chi connectivity index (χ0) is 11.4. The van der Waals surface area contributed by atoms with Gasteiger partial charge in [-0.2, -0.15) is 10.4 Å². The molecule has 16 heavy (non-hydrogen) atoms. The molecule has 0 spiro atoms. The van der Waals surface area contributed by atoms with Crippen LogP contribution in [-0.4, -0.2) is 14.8 Å². The maximum atomic E-state index is 8.61. The van der Waals surface area contributed by atoms with E-state index < -0.39 is 0 Å². The molecule has 0 aromatic carbocycles. The summed E-state index contributed by atoms with van der Waals surface area (Å²) < 4.78 is 1.80. The molecule has 0 saturated heterocycles. The van der Waals surface area contributed by atoms with Crippen molar-refractivity contribution in [1.29, 1.82) is 5.26 Å². The van der Waals surface area contributed by atoms with Crippen LogP contribution in [0.2, 0.25) is 0 Å². The monoisotopic (exact) mass is 213 g/mol. The lowest BCUT2D eigenvalue weighted by atomic mass is 10.2. The van der Waals surface area contributed by atoms with E-state index >= 15 is 0 Å². The van der Waals surface area contributed by atoms with Gasteiger partial charge in [-0.3, -0.25) is 4.68 Å². The van der Waals surface area contributed by atoms with Crippen molar-refractivity contribution in [3.63, 3.8) is 0 Å². The van der Waals surface area contributed by atoms with Gasteiger partial charge in [-0.05, 0) is 11.6 Å². The maximum absolute atomic E-state index is 8.61. The van der Waals surface area contributed by atoms with Crippen LogP contribution in [0.15, 0.2) is 30.7 Å². The summed E-state index contributed by atoms with van der Waals surface area (Å²) in [5.74, 6) is 0. The summed E-state index contributed by atoms with van der Waals surface area (Å²) in [5, 5.41) is 12.8. The van der Waals surface area contributed by atoms with Gasteiger partial charge in [0.25, 0.3) is 0 Å². The zero-order valence-electron chi connectivity index (χ0n) is 8.67. The first-order valence-corrected chi connectivity index (χ1v) is 4.88. The fourth-order valence-electron chi connectivity index (χ4n) is 1.37. The molecule has 2 N–H and O–H groups in total. The van der Waals surface area contributed by atoms with Crippen molar-refractivity contribution in [3.8, 4) is 6.07 Å². The van der Waals surface area contributed by atoms with Crippen LogP contribution in [0, 0.1) is 11.3 Å². The average Bonchev–Trinajstić information content (AvgIpc) is 2.78. The van der Waals surface area contributed by atoms with Crippen molar-refractivity contribution >= 4 is 0 Å². The molecule has 5 heteroatoms. The Labute approximate surface area is 93.1 Å². The molecule has 0 aliphatic carbocycles. The summed E-state index contributed by atoms with van der Waals surface area (Å²) in [5.41, 5.74) is 7.92. The minimum atomic E-state index is 0.423. The fraction of sp³-hybridized carbons (Fsp3) is 0.182. The number of hydrogen-bond acceptors (Lipinski definition) is 4. The highest BCUT2D eigenvalue weighted by Gasteiger charge is 1.99. The van der Waals surface area contributed by atoms with Crippen LogP contribution >= 0.6 is 0 Å². The van der Waals surface area contributed by atoms with E-state index in [9.17, 15) is 0 Å². The molecule has 0 fully saturated rings. The van der Waals surface area contributed by atoms with E-state index in [1.54, 1.807) is 23.1 Å². The van der Waals surface area contributed by atoms with Crippen LogP contribution in [0.3, 0.4) is 0 Å². The molecule has 0 unspecified atom stereocenters. The second-order valence-corrected chi connectivity index (χ2v) is 3.41. The van der Waals surface area contributed by atoms with E-state index in [-0.39, 0.29) is 0 Å². The number of nitriles is 1. The molecule has 2 aromatic heterocycles. The standard InChI is InChI=1S/C11H11N5/c12-3-10-6-15-16(8-10)7-9-1-2-11(4-13)14-5-9/h1-2,5-6,8H,3,7,12H2. The van der Waals surface area contributed by atoms with Crippen LogP contribution in [0.4, 0.5) is 0 Å². The molecular formula is C11H11N5. The van der Waals surface area contributed by atoms with Crippen LogP contribution in [0.5, 0.6) is 0 Å². The number of nitrogens with two attached hydrogens (primary N) is 1. The lowest BCUT2D eigenvalue weighted by Crippen LogP contribution is -2.01. The third kappa shape index (κ3) is 2.24. The van der Waals surface area contributed by atoms with Gasteiger partial charge >= 0.3 is 0 Å². The predicted octanol–water partition coefficient (Wildman–Crippen LogP) is 0.657. The zero-order valence-corrected chi connectivity index (χ0v) is 8.67. The Morgan fingerprint density at radius 2 is 2.19 bits per heavy atom. The second kappa shape index (κ2) is 4.55. The highest BCUT2D eigenvalue weighted by Crippen LogP contribution is 2.03. The Morgan fingerprint density at radius 1 is 1.31 bits per heavy atom. The summed E-state index contributed by atoms with van der Waals surface area (Å²) in [4.78, 5) is 3.99. The van der Waals surface area contributed by atoms with E-state index in [2.05, 4.69) is 10.1 Å². The van der Waals surface area contributed by atoms with Gasteiger partial charge in [0.05, 0.1) is 12.7 Å². The highest BCUT2D eigenvalue weighted by atomic mass is 15.3. The van der Waals surface area contributed by atoms with Crippen molar-refractivity contribution in [2.75, 3.05) is 0 Å². The predicted molar refractivity (Wildman–Crippen MR) is 58.2 cm³/mol. The third-order valence-corrected chi connectivity index (χ3v) is 2.21. The number of aromatic nitrogens is 3. The summed E-state index contributed by atoms with van der Waals surface area (Å²) in [7, 11) is 0. The van der Waals surface area contributed by atoms with Gasteiger partial charge in [-0.15, -0.1) is 0 Å². The van der Waals surface area contributed by atoms with Gasteiger partial charge in [-0.25, -0.2) is 4.98 Å². The van der Waals surface area contributed by atoms with Gasteiger partial charge < -0.3 is 5.73 Å². The maximum Gasteiger partial charge on any atom is 0.140 e. The molecule has 0 saturated carbocycles. The summed E-state index contributed by atoms with van der Waals surface area (Å²) in [6, 6.07) is 5.55. The minimum absolute atomic E-state index is 0.423. The molecule has 0 aliphatic rings. The summed E-state index contributed by atoms with van der Waals surface area (Å²) in [6.45, 7) is 1.13. The molecule has 0 amide bonds. The third-order valence-electron chi connectivity index (χ3n) is 2.21. The SMILES string of the molecule is N#Cc1ccc(Cn2cc(CN)cn2)cn1. The van der Waals surface area contributed by atoms with Crippen LogP contribution in [-0.2, 0) is 13.1 Å². The van der Waals surface area contributed by atoms with E-state index in [1.807, 2.05) is 18.3 Å². The molecule has 80 valence electrons. The Hall–Kier alpha value is -2.19. The van der Waals surface area contributed by atoms with Crippen LogP contribution in [0.25, 0.3) is 0 Å². The van der Waals surface area contributed by atoms with Crippen molar-refractivity contribution in [2.24, 2.45) is 5.73 Å². The largest absolute Gasteiger partial charge is 0.326 e. The van der Waals surface area contributed by atoms with E-state index in [0.29, 0.717) is 18.8 Å². The minimum Gasteiger partial charge on any atom is -0.326 e. The van der Waals surface area contributed by atoms with Gasteiger partial charge in [0.2, 0.25) is 0 Å². The van der Waals surface area contributed by atoms with Gasteiger partial charge in [0.15, 0.2) is 0 Å². The van der Waals surface area contributed by atoms with Gasteiger partial charge in [0, 0.05) is 24.5 Å². The normalized spacial score (nSPS) is 10.0. The molecule has 2 heterocycles. The fourth-order valence-corrected chi connectivity index (χ4v) is 1.37. The molecule has 2 rings (SSSR count). The van der Waals surface area contributed by atoms with E-state index in [0.717, 1.165) is 11.1 Å². The lowest BCUT2D eigenvalue weighted by Gasteiger charge is -2.00. The summed E-state index contributed by atoms with van der Waals surface area (Å²) >= 11 is 0. The Kier molecular flexibility index (Phi) is 2.94. The van der Waals surface area contributed by atoms with E-state index in [4.69, 9.17) is 11.0 Å². The van der Waals surface area contributed by atoms with Crippen molar-refractivity contribution in [3.05, 3.63) is 47.5 Å². The second-order valence-electron chi connectivity index (χ2n) is 3.41. The molecule has 0 atom stereocenters. The molecule has 0 bridgehead atoms. The van der Waals surface area contributed by atoms with Crippen LogP contribution < -0.4 is 5.73 Å². The molecule has 2 aromatic rings. The molecule has 0 radical (unpaired) electrons. The van der Waals surface area contributed by atoms with Crippen molar-refractivity contribution in [2.45, 2.75) is 13.1 Å². The van der Waals surface area contributed by atoms with Gasteiger partial charge in [-0.1, -0.05) is 6.07 Å². The first-order chi connectivity index (χ1) is 7.81. The van der Waals surface area contributed by atoms with E-state index in [1.165, 1.54) is 0 Å². The topological polar surface area (TPSA) is 80.5 Å². The van der Waals surface area contributed by atoms with Gasteiger partial charge in [0.1, 0.15) is 11.8 Å². The average molecular weight is 213 g/mol. The Balaban J connectivity index is 2.11. The molecule has 0 aliphatic heterocycles. The first-order valence-electron chi connectivity index (χ1n) is 4.88. The number of hydrogen-bond donors (Lipinski definition) is 1. The highest BCUT2D eigenvalue weighted by molar-refractivity contribution is 5.23. The number of rotatable bonds is 3. The molecular weight excluding hydrogens is 202 g/mol. The lowest BCUT2D eigenvalue weighted by molar-refractivity contribution is 0.684. The van der Waals surface area contributed by atoms with Crippen molar-refractivity contribution < 1.29 is 0 Å². The molecule has 5 nitrogen and oxygen atoms in total. The summed E-state index contributed by atoms with van der Waals surface area (Å²) in [6.07, 6.45) is 5.33. The quantitative estimate of drug-likeness (QED) is 0.812. The van der Waals surface area contributed by atoms with Crippen molar-refractivity contribution in [1.82, 2.24) is 14.8 Å². The number of nitrogens with zero attached hydrogens (tertiary/aromatic N) is 4. The smallest absolute Gasteiger partial charge is 0.140 e. The Morgan fingerprint density at radius 3 is 2.75 bits per heavy atom. The Bertz CT molecular complexity index is 506.